The zero-order valence-electron chi connectivity index (χ0n) is 10.7. The average molecular weight is 287 g/mol. The summed E-state index contributed by atoms with van der Waals surface area (Å²) in [6.07, 6.45) is 2.70. The number of nitrogens with two attached hydrogens (primary N) is 1. The highest BCUT2D eigenvalue weighted by molar-refractivity contribution is 7.98. The molecule has 0 radical (unpaired) electrons. The third-order valence-corrected chi connectivity index (χ3v) is 3.59. The van der Waals surface area contributed by atoms with Crippen LogP contribution in [-0.2, 0) is 4.79 Å². The first kappa shape index (κ1) is 15.3. The van der Waals surface area contributed by atoms with Crippen molar-refractivity contribution in [1.29, 1.82) is 0 Å². The lowest BCUT2D eigenvalue weighted by atomic mass is 10.1. The van der Waals surface area contributed by atoms with Crippen molar-refractivity contribution >= 4 is 29.3 Å². The number of nitrogens with one attached hydrogen (secondary N) is 1. The summed E-state index contributed by atoms with van der Waals surface area (Å²) in [6, 6.07) is 6.93. The molecule has 0 bridgehead atoms. The minimum atomic E-state index is -0.438. The normalized spacial score (nSPS) is 14.0. The van der Waals surface area contributed by atoms with E-state index in [1.54, 1.807) is 11.8 Å². The fourth-order valence-electron chi connectivity index (χ4n) is 1.53. The largest absolute Gasteiger partial charge is 0.348 e. The maximum atomic E-state index is 11.8. The summed E-state index contributed by atoms with van der Waals surface area (Å²) in [7, 11) is 0. The van der Waals surface area contributed by atoms with Gasteiger partial charge < -0.3 is 11.1 Å². The number of carbonyl (C=O) groups is 1. The summed E-state index contributed by atoms with van der Waals surface area (Å²) in [5.41, 5.74) is 6.83. The number of hydrogen-bond donors (Lipinski definition) is 2. The molecule has 0 fully saturated rings. The molecule has 0 aliphatic heterocycles. The molecule has 1 aromatic rings. The number of hydrogen-bond acceptors (Lipinski definition) is 3. The number of carbonyl (C=O) groups excluding carboxylic acids is 1. The molecule has 1 unspecified atom stereocenters. The lowest BCUT2D eigenvalue weighted by Gasteiger charge is -2.17. The summed E-state index contributed by atoms with van der Waals surface area (Å²) < 4.78 is 0. The van der Waals surface area contributed by atoms with Crippen LogP contribution in [0, 0.1) is 0 Å². The minimum absolute atomic E-state index is 0.0601. The maximum absolute atomic E-state index is 11.8. The van der Waals surface area contributed by atoms with Crippen molar-refractivity contribution in [2.45, 2.75) is 25.4 Å². The summed E-state index contributed by atoms with van der Waals surface area (Å²) in [5.74, 6) is 0.788. The number of halogens is 1. The van der Waals surface area contributed by atoms with Crippen LogP contribution in [-0.4, -0.2) is 24.0 Å². The second-order valence-corrected chi connectivity index (χ2v) is 5.59. The molecular weight excluding hydrogens is 268 g/mol. The van der Waals surface area contributed by atoms with E-state index < -0.39 is 6.04 Å². The predicted molar refractivity (Wildman–Crippen MR) is 79.0 cm³/mol. The van der Waals surface area contributed by atoms with Crippen LogP contribution in [0.1, 0.15) is 24.9 Å². The summed E-state index contributed by atoms with van der Waals surface area (Å²) in [5, 5.41) is 3.60. The Morgan fingerprint density at radius 3 is 2.61 bits per heavy atom. The zero-order valence-corrected chi connectivity index (χ0v) is 12.2. The number of amides is 1. The Bertz CT molecular complexity index is 383. The van der Waals surface area contributed by atoms with Crippen LogP contribution in [0.2, 0.25) is 5.02 Å². The number of thioether (sulfide) groups is 1. The Kier molecular flexibility index (Phi) is 6.54. The van der Waals surface area contributed by atoms with E-state index >= 15 is 0 Å². The molecule has 5 heteroatoms. The molecule has 100 valence electrons. The summed E-state index contributed by atoms with van der Waals surface area (Å²) in [4.78, 5) is 11.8. The molecular formula is C13H19ClN2OS. The van der Waals surface area contributed by atoms with E-state index in [4.69, 9.17) is 17.3 Å². The smallest absolute Gasteiger partial charge is 0.237 e. The molecule has 1 rings (SSSR count). The van der Waals surface area contributed by atoms with Gasteiger partial charge in [-0.3, -0.25) is 4.79 Å². The first-order chi connectivity index (χ1) is 8.54. The molecule has 0 aromatic heterocycles. The van der Waals surface area contributed by atoms with E-state index in [2.05, 4.69) is 5.32 Å². The first-order valence-corrected chi connectivity index (χ1v) is 7.62. The molecule has 1 aromatic carbocycles. The van der Waals surface area contributed by atoms with Gasteiger partial charge in [-0.2, -0.15) is 11.8 Å². The van der Waals surface area contributed by atoms with Crippen LogP contribution < -0.4 is 11.1 Å². The molecule has 2 atom stereocenters. The van der Waals surface area contributed by atoms with Crippen molar-refractivity contribution in [3.63, 3.8) is 0 Å². The Balaban J connectivity index is 2.51. The lowest BCUT2D eigenvalue weighted by molar-refractivity contribution is -0.123. The standard InChI is InChI=1S/C13H19ClN2OS/c1-9(10-3-5-11(14)6-4-10)16-13(17)12(15)7-8-18-2/h3-6,9,12H,7-8,15H2,1-2H3,(H,16,17)/t9?,12-/m1/s1. The van der Waals surface area contributed by atoms with Gasteiger partial charge in [-0.05, 0) is 43.0 Å². The zero-order chi connectivity index (χ0) is 13.5. The molecule has 0 aliphatic rings. The van der Waals surface area contributed by atoms with E-state index in [-0.39, 0.29) is 11.9 Å². The Morgan fingerprint density at radius 2 is 2.06 bits per heavy atom. The summed E-state index contributed by atoms with van der Waals surface area (Å²) >= 11 is 7.51. The van der Waals surface area contributed by atoms with Gasteiger partial charge in [-0.15, -0.1) is 0 Å². The van der Waals surface area contributed by atoms with Crippen molar-refractivity contribution in [3.05, 3.63) is 34.9 Å². The van der Waals surface area contributed by atoms with E-state index in [0.717, 1.165) is 11.3 Å². The van der Waals surface area contributed by atoms with Crippen molar-refractivity contribution < 1.29 is 4.79 Å². The fraction of sp³-hybridized carbons (Fsp3) is 0.462. The molecule has 3 N–H and O–H groups in total. The van der Waals surface area contributed by atoms with E-state index in [0.29, 0.717) is 11.4 Å². The second-order valence-electron chi connectivity index (χ2n) is 4.17. The molecule has 18 heavy (non-hydrogen) atoms. The van der Waals surface area contributed by atoms with Crippen LogP contribution in [0.5, 0.6) is 0 Å². The van der Waals surface area contributed by atoms with Crippen LogP contribution in [0.25, 0.3) is 0 Å². The van der Waals surface area contributed by atoms with Gasteiger partial charge >= 0.3 is 0 Å². The Hall–Kier alpha value is -0.710. The molecule has 0 spiro atoms. The van der Waals surface area contributed by atoms with Crippen LogP contribution in [0.15, 0.2) is 24.3 Å². The van der Waals surface area contributed by atoms with E-state index in [1.807, 2.05) is 37.4 Å². The maximum Gasteiger partial charge on any atom is 0.237 e. The Morgan fingerprint density at radius 1 is 1.44 bits per heavy atom. The molecule has 0 saturated carbocycles. The van der Waals surface area contributed by atoms with E-state index in [9.17, 15) is 4.79 Å². The number of rotatable bonds is 6. The SMILES string of the molecule is CSCC[C@@H](N)C(=O)NC(C)c1ccc(Cl)cc1. The van der Waals surface area contributed by atoms with Gasteiger partial charge in [0.05, 0.1) is 12.1 Å². The van der Waals surface area contributed by atoms with Gasteiger partial charge in [0.15, 0.2) is 0 Å². The van der Waals surface area contributed by atoms with Crippen molar-refractivity contribution in [1.82, 2.24) is 5.32 Å². The quantitative estimate of drug-likeness (QED) is 0.845. The third-order valence-electron chi connectivity index (χ3n) is 2.70. The Labute approximate surface area is 117 Å². The monoisotopic (exact) mass is 286 g/mol. The molecule has 0 saturated heterocycles. The topological polar surface area (TPSA) is 55.1 Å². The van der Waals surface area contributed by atoms with Gasteiger partial charge in [-0.25, -0.2) is 0 Å². The van der Waals surface area contributed by atoms with Gasteiger partial charge in [-0.1, -0.05) is 23.7 Å². The highest BCUT2D eigenvalue weighted by Crippen LogP contribution is 2.16. The first-order valence-electron chi connectivity index (χ1n) is 5.85. The fourth-order valence-corrected chi connectivity index (χ4v) is 2.15. The predicted octanol–water partition coefficient (Wildman–Crippen LogP) is 2.60. The highest BCUT2D eigenvalue weighted by Gasteiger charge is 2.15. The van der Waals surface area contributed by atoms with Crippen molar-refractivity contribution in [2.24, 2.45) is 5.73 Å². The van der Waals surface area contributed by atoms with Crippen LogP contribution in [0.3, 0.4) is 0 Å². The third kappa shape index (κ3) is 4.88. The number of benzene rings is 1. The van der Waals surface area contributed by atoms with Crippen molar-refractivity contribution in [2.75, 3.05) is 12.0 Å². The van der Waals surface area contributed by atoms with Crippen molar-refractivity contribution in [3.8, 4) is 0 Å². The molecule has 0 heterocycles. The van der Waals surface area contributed by atoms with Gasteiger partial charge in [0.25, 0.3) is 0 Å². The molecule has 0 aliphatic carbocycles. The average Bonchev–Trinajstić information content (AvgIpc) is 2.36. The second kappa shape index (κ2) is 7.67. The van der Waals surface area contributed by atoms with Gasteiger partial charge in [0, 0.05) is 5.02 Å². The van der Waals surface area contributed by atoms with Gasteiger partial charge in [0.2, 0.25) is 5.91 Å². The van der Waals surface area contributed by atoms with Crippen LogP contribution in [0.4, 0.5) is 0 Å². The molecule has 3 nitrogen and oxygen atoms in total. The highest BCUT2D eigenvalue weighted by atomic mass is 35.5. The van der Waals surface area contributed by atoms with Gasteiger partial charge in [0.1, 0.15) is 0 Å². The summed E-state index contributed by atoms with van der Waals surface area (Å²) in [6.45, 7) is 1.93. The van der Waals surface area contributed by atoms with E-state index in [1.165, 1.54) is 0 Å². The minimum Gasteiger partial charge on any atom is -0.348 e. The lowest BCUT2D eigenvalue weighted by Crippen LogP contribution is -2.41. The van der Waals surface area contributed by atoms with Crippen LogP contribution >= 0.6 is 23.4 Å². The molecule has 1 amide bonds.